The molecule has 1 aromatic rings. The SMILES string of the molecule is CC1(C)CC(CCC(CCCc2ccccc2Br)C(=O)C2=C(C(F)(F)F)CCN=C2)C1. The molecule has 170 valence electrons. The Morgan fingerprint density at radius 2 is 1.94 bits per heavy atom. The Morgan fingerprint density at radius 1 is 1.23 bits per heavy atom. The van der Waals surface area contributed by atoms with E-state index in [0.29, 0.717) is 24.2 Å². The summed E-state index contributed by atoms with van der Waals surface area (Å²) in [7, 11) is 0. The van der Waals surface area contributed by atoms with Crippen molar-refractivity contribution >= 4 is 27.9 Å². The number of nitrogens with zero attached hydrogens (tertiary/aromatic N) is 1. The molecule has 0 spiro atoms. The summed E-state index contributed by atoms with van der Waals surface area (Å²) >= 11 is 3.55. The van der Waals surface area contributed by atoms with E-state index in [-0.39, 0.29) is 30.2 Å². The number of carbonyl (C=O) groups excluding carboxylic acids is 1. The molecule has 0 amide bonds. The molecule has 3 rings (SSSR count). The molecule has 1 fully saturated rings. The Hall–Kier alpha value is -1.43. The van der Waals surface area contributed by atoms with Gasteiger partial charge in [-0.25, -0.2) is 0 Å². The number of hydrogen-bond acceptors (Lipinski definition) is 2. The van der Waals surface area contributed by atoms with Crippen LogP contribution < -0.4 is 0 Å². The van der Waals surface area contributed by atoms with Crippen molar-refractivity contribution in [2.45, 2.75) is 71.4 Å². The second-order valence-electron chi connectivity index (χ2n) is 9.74. The van der Waals surface area contributed by atoms with Gasteiger partial charge >= 0.3 is 6.18 Å². The zero-order valence-corrected chi connectivity index (χ0v) is 19.9. The van der Waals surface area contributed by atoms with E-state index >= 15 is 0 Å². The lowest BCUT2D eigenvalue weighted by molar-refractivity contribution is -0.121. The first-order valence-corrected chi connectivity index (χ1v) is 11.9. The summed E-state index contributed by atoms with van der Waals surface area (Å²) in [6.45, 7) is 4.57. The Morgan fingerprint density at radius 3 is 2.58 bits per heavy atom. The topological polar surface area (TPSA) is 29.4 Å². The largest absolute Gasteiger partial charge is 0.413 e. The fourth-order valence-corrected chi connectivity index (χ4v) is 5.55. The van der Waals surface area contributed by atoms with E-state index < -0.39 is 11.7 Å². The van der Waals surface area contributed by atoms with Gasteiger partial charge in [-0.2, -0.15) is 13.2 Å². The first-order chi connectivity index (χ1) is 14.6. The molecule has 1 aliphatic heterocycles. The third-order valence-electron chi connectivity index (χ3n) is 6.58. The van der Waals surface area contributed by atoms with E-state index in [0.717, 1.165) is 42.1 Å². The summed E-state index contributed by atoms with van der Waals surface area (Å²) in [5.41, 5.74) is 0.599. The Labute approximate surface area is 191 Å². The number of halogens is 4. The molecule has 0 N–H and O–H groups in total. The van der Waals surface area contributed by atoms with Crippen molar-refractivity contribution in [2.24, 2.45) is 22.2 Å². The average Bonchev–Trinajstić information content (AvgIpc) is 2.69. The molecule has 1 heterocycles. The highest BCUT2D eigenvalue weighted by atomic mass is 79.9. The number of benzene rings is 1. The molecule has 0 radical (unpaired) electrons. The fraction of sp³-hybridized carbons (Fsp3) is 0.600. The van der Waals surface area contributed by atoms with Crippen LogP contribution in [-0.2, 0) is 11.2 Å². The molecule has 1 atom stereocenters. The zero-order valence-electron chi connectivity index (χ0n) is 18.3. The normalized spacial score (nSPS) is 19.9. The number of dihydropyridines is 1. The van der Waals surface area contributed by atoms with Gasteiger partial charge in [0.1, 0.15) is 0 Å². The van der Waals surface area contributed by atoms with Crippen LogP contribution in [0.15, 0.2) is 44.9 Å². The number of rotatable bonds is 9. The molecule has 31 heavy (non-hydrogen) atoms. The van der Waals surface area contributed by atoms with Crippen LogP contribution in [0.2, 0.25) is 0 Å². The van der Waals surface area contributed by atoms with E-state index in [2.05, 4.69) is 34.8 Å². The van der Waals surface area contributed by atoms with Crippen LogP contribution in [0.25, 0.3) is 0 Å². The Balaban J connectivity index is 1.71. The van der Waals surface area contributed by atoms with Gasteiger partial charge in [-0.15, -0.1) is 0 Å². The molecule has 1 aliphatic carbocycles. The summed E-state index contributed by atoms with van der Waals surface area (Å²) in [6.07, 6.45) is 2.45. The van der Waals surface area contributed by atoms with E-state index in [1.165, 1.54) is 6.21 Å². The van der Waals surface area contributed by atoms with Crippen LogP contribution in [0.1, 0.15) is 64.4 Å². The van der Waals surface area contributed by atoms with Crippen molar-refractivity contribution < 1.29 is 18.0 Å². The monoisotopic (exact) mass is 497 g/mol. The van der Waals surface area contributed by atoms with Gasteiger partial charge < -0.3 is 0 Å². The zero-order chi connectivity index (χ0) is 22.6. The summed E-state index contributed by atoms with van der Waals surface area (Å²) < 4.78 is 41.6. The van der Waals surface area contributed by atoms with Crippen molar-refractivity contribution in [3.8, 4) is 0 Å². The smallest absolute Gasteiger partial charge is 0.294 e. The molecule has 1 unspecified atom stereocenters. The maximum atomic E-state index is 13.5. The second-order valence-corrected chi connectivity index (χ2v) is 10.6. The van der Waals surface area contributed by atoms with E-state index in [1.54, 1.807) is 0 Å². The highest BCUT2D eigenvalue weighted by Crippen LogP contribution is 2.47. The molecule has 1 aromatic carbocycles. The maximum Gasteiger partial charge on any atom is 0.413 e. The van der Waals surface area contributed by atoms with Gasteiger partial charge in [0.2, 0.25) is 0 Å². The minimum Gasteiger partial charge on any atom is -0.294 e. The predicted molar refractivity (Wildman–Crippen MR) is 122 cm³/mol. The van der Waals surface area contributed by atoms with Gasteiger partial charge in [0, 0.05) is 34.3 Å². The summed E-state index contributed by atoms with van der Waals surface area (Å²) in [5, 5.41) is 0. The standard InChI is InChI=1S/C25H31BrF3NO/c1-24(2)14-17(15-24)10-11-19(8-5-7-18-6-3-4-9-22(18)26)23(31)20-16-30-13-12-21(20)25(27,28)29/h3-4,6,9,16-17,19H,5,7-8,10-15H2,1-2H3. The first kappa shape index (κ1) is 24.2. The second kappa shape index (κ2) is 10.0. The van der Waals surface area contributed by atoms with E-state index in [1.807, 2.05) is 24.3 Å². The molecule has 1 saturated carbocycles. The van der Waals surface area contributed by atoms with Crippen molar-refractivity contribution in [1.82, 2.24) is 0 Å². The maximum absolute atomic E-state index is 13.5. The van der Waals surface area contributed by atoms with Crippen LogP contribution in [-0.4, -0.2) is 24.7 Å². The van der Waals surface area contributed by atoms with Gasteiger partial charge in [0.15, 0.2) is 5.78 Å². The number of hydrogen-bond donors (Lipinski definition) is 0. The van der Waals surface area contributed by atoms with Gasteiger partial charge in [-0.3, -0.25) is 9.79 Å². The quantitative estimate of drug-likeness (QED) is 0.347. The molecule has 0 saturated heterocycles. The molecular weight excluding hydrogens is 467 g/mol. The molecule has 2 nitrogen and oxygen atoms in total. The van der Waals surface area contributed by atoms with Gasteiger partial charge in [0.25, 0.3) is 0 Å². The van der Waals surface area contributed by atoms with Gasteiger partial charge in [-0.1, -0.05) is 48.0 Å². The van der Waals surface area contributed by atoms with Crippen LogP contribution in [0.3, 0.4) is 0 Å². The van der Waals surface area contributed by atoms with E-state index in [4.69, 9.17) is 0 Å². The minimum atomic E-state index is -4.48. The number of aliphatic imine (C=N–C) groups is 1. The lowest BCUT2D eigenvalue weighted by atomic mass is 9.62. The Kier molecular flexibility index (Phi) is 7.82. The summed E-state index contributed by atoms with van der Waals surface area (Å²) in [4.78, 5) is 17.2. The summed E-state index contributed by atoms with van der Waals surface area (Å²) in [5.74, 6) is -0.186. The number of alkyl halides is 3. The van der Waals surface area contributed by atoms with Crippen molar-refractivity contribution in [3.63, 3.8) is 0 Å². The van der Waals surface area contributed by atoms with Crippen LogP contribution >= 0.6 is 15.9 Å². The molecule has 2 aliphatic rings. The third kappa shape index (κ3) is 6.53. The lowest BCUT2D eigenvalue weighted by Crippen LogP contribution is -2.32. The molecule has 0 aromatic heterocycles. The average molecular weight is 498 g/mol. The number of allylic oxidation sites excluding steroid dienone is 1. The van der Waals surface area contributed by atoms with Crippen LogP contribution in [0.5, 0.6) is 0 Å². The van der Waals surface area contributed by atoms with Crippen molar-refractivity contribution in [1.29, 1.82) is 0 Å². The molecular formula is C25H31BrF3NO. The van der Waals surface area contributed by atoms with Gasteiger partial charge in [-0.05, 0) is 74.3 Å². The third-order valence-corrected chi connectivity index (χ3v) is 7.35. The number of ketones is 1. The first-order valence-electron chi connectivity index (χ1n) is 11.1. The fourth-order valence-electron chi connectivity index (χ4n) is 5.06. The lowest BCUT2D eigenvalue weighted by Gasteiger charge is -2.43. The van der Waals surface area contributed by atoms with Crippen LogP contribution in [0, 0.1) is 17.3 Å². The van der Waals surface area contributed by atoms with Crippen LogP contribution in [0.4, 0.5) is 13.2 Å². The highest BCUT2D eigenvalue weighted by molar-refractivity contribution is 9.10. The summed E-state index contributed by atoms with van der Waals surface area (Å²) in [6, 6.07) is 7.94. The highest BCUT2D eigenvalue weighted by Gasteiger charge is 2.40. The van der Waals surface area contributed by atoms with E-state index in [9.17, 15) is 18.0 Å². The predicted octanol–water partition coefficient (Wildman–Crippen LogP) is 7.51. The number of aryl methyl sites for hydroxylation is 1. The number of carbonyl (C=O) groups is 1. The minimum absolute atomic E-state index is 0.0927. The van der Waals surface area contributed by atoms with Crippen molar-refractivity contribution in [3.05, 3.63) is 45.4 Å². The van der Waals surface area contributed by atoms with Gasteiger partial charge in [0.05, 0.1) is 0 Å². The molecule has 6 heteroatoms. The molecule has 0 bridgehead atoms. The Bertz CT molecular complexity index is 849. The van der Waals surface area contributed by atoms with Crippen molar-refractivity contribution in [2.75, 3.05) is 6.54 Å². The number of Topliss-reactive ketones (excluding diaryl/α,β-unsaturated/α-hetero) is 1.